The number of nitrogens with one attached hydrogen (secondary N) is 1. The molecule has 1 N–H and O–H groups in total. The van der Waals surface area contributed by atoms with Crippen LogP contribution in [0.5, 0.6) is 0 Å². The molecule has 0 saturated heterocycles. The molecule has 18 heavy (non-hydrogen) atoms. The van der Waals surface area contributed by atoms with Crippen molar-refractivity contribution < 1.29 is 14.5 Å². The topological polar surface area (TPSA) is 94.4 Å². The predicted molar refractivity (Wildman–Crippen MR) is 65.2 cm³/mol. The number of hydrogen-bond acceptors (Lipinski definition) is 6. The summed E-state index contributed by atoms with van der Waals surface area (Å²) >= 11 is 0. The molecule has 1 aromatic rings. The van der Waals surface area contributed by atoms with Crippen molar-refractivity contribution in [3.8, 4) is 0 Å². The van der Waals surface area contributed by atoms with Crippen LogP contribution in [0.3, 0.4) is 0 Å². The molecule has 1 rings (SSSR count). The van der Waals surface area contributed by atoms with Crippen molar-refractivity contribution in [2.75, 3.05) is 18.5 Å². The van der Waals surface area contributed by atoms with Gasteiger partial charge in [-0.1, -0.05) is 6.92 Å². The number of carbonyl (C=O) groups excluding carboxylic acids is 1. The second-order valence-corrected chi connectivity index (χ2v) is 3.69. The molecule has 0 spiro atoms. The lowest BCUT2D eigenvalue weighted by Crippen LogP contribution is -2.22. The third-order valence-electron chi connectivity index (χ3n) is 2.24. The van der Waals surface area contributed by atoms with Crippen molar-refractivity contribution in [3.63, 3.8) is 0 Å². The van der Waals surface area contributed by atoms with Gasteiger partial charge in [-0.05, 0) is 13.0 Å². The number of carbonyl (C=O) groups is 1. The fraction of sp³-hybridized carbons (Fsp3) is 0.455. The summed E-state index contributed by atoms with van der Waals surface area (Å²) in [4.78, 5) is 25.1. The fourth-order valence-electron chi connectivity index (χ4n) is 1.22. The molecule has 1 heterocycles. The Hall–Kier alpha value is -2.18. The van der Waals surface area contributed by atoms with E-state index >= 15 is 0 Å². The molecule has 0 radical (unpaired) electrons. The first kappa shape index (κ1) is 13.9. The summed E-state index contributed by atoms with van der Waals surface area (Å²) in [6.07, 6.45) is 1.16. The van der Waals surface area contributed by atoms with E-state index in [0.29, 0.717) is 19.0 Å². The summed E-state index contributed by atoms with van der Waals surface area (Å²) in [7, 11) is 0. The van der Waals surface area contributed by atoms with E-state index in [4.69, 9.17) is 4.74 Å². The summed E-state index contributed by atoms with van der Waals surface area (Å²) in [5, 5.41) is 13.3. The zero-order valence-electron chi connectivity index (χ0n) is 10.3. The second-order valence-electron chi connectivity index (χ2n) is 3.69. The van der Waals surface area contributed by atoms with Crippen LogP contribution in [0.15, 0.2) is 18.3 Å². The molecule has 0 aliphatic carbocycles. The molecule has 7 nitrogen and oxygen atoms in total. The van der Waals surface area contributed by atoms with Crippen LogP contribution in [0.2, 0.25) is 0 Å². The molecule has 1 aromatic heterocycles. The molecule has 0 bridgehead atoms. The summed E-state index contributed by atoms with van der Waals surface area (Å²) in [5.41, 5.74) is -0.0704. The van der Waals surface area contributed by atoms with Crippen LogP contribution < -0.4 is 5.32 Å². The first-order valence-corrected chi connectivity index (χ1v) is 5.55. The Bertz CT molecular complexity index is 419. The Labute approximate surface area is 104 Å². The highest BCUT2D eigenvalue weighted by atomic mass is 16.6. The number of ether oxygens (including phenoxy) is 1. The molecular formula is C11H15N3O4. The van der Waals surface area contributed by atoms with Gasteiger partial charge in [-0.15, -0.1) is 0 Å². The Balaban J connectivity index is 2.48. The lowest BCUT2D eigenvalue weighted by atomic mass is 10.2. The zero-order valence-corrected chi connectivity index (χ0v) is 10.3. The summed E-state index contributed by atoms with van der Waals surface area (Å²) in [6, 6.07) is 2.85. The van der Waals surface area contributed by atoms with Gasteiger partial charge < -0.3 is 10.1 Å². The van der Waals surface area contributed by atoms with Crippen LogP contribution in [-0.2, 0) is 9.53 Å². The number of rotatable bonds is 6. The van der Waals surface area contributed by atoms with Gasteiger partial charge in [0.05, 0.1) is 17.4 Å². The molecule has 0 unspecified atom stereocenters. The molecule has 0 aromatic carbocycles. The summed E-state index contributed by atoms with van der Waals surface area (Å²) in [5.74, 6) is -0.106. The van der Waals surface area contributed by atoms with E-state index in [1.165, 1.54) is 12.1 Å². The average Bonchev–Trinajstić information content (AvgIpc) is 2.36. The normalized spacial score (nSPS) is 11.7. The van der Waals surface area contributed by atoms with Gasteiger partial charge in [-0.3, -0.25) is 14.9 Å². The minimum Gasteiger partial charge on any atom is -0.466 e. The van der Waals surface area contributed by atoms with Crippen LogP contribution in [-0.4, -0.2) is 29.0 Å². The molecule has 98 valence electrons. The van der Waals surface area contributed by atoms with Gasteiger partial charge >= 0.3 is 5.97 Å². The maximum atomic E-state index is 11.3. The fourth-order valence-corrected chi connectivity index (χ4v) is 1.22. The Kier molecular flexibility index (Phi) is 5.04. The number of nitrogens with zero attached hydrogens (tertiary/aromatic N) is 2. The minimum atomic E-state index is -0.516. The molecule has 0 fully saturated rings. The van der Waals surface area contributed by atoms with Gasteiger partial charge in [0.15, 0.2) is 0 Å². The lowest BCUT2D eigenvalue weighted by Gasteiger charge is -2.11. The number of aromatic nitrogens is 1. The van der Waals surface area contributed by atoms with Crippen LogP contribution in [0.4, 0.5) is 11.5 Å². The number of hydrogen-bond donors (Lipinski definition) is 1. The van der Waals surface area contributed by atoms with Crippen molar-refractivity contribution in [1.29, 1.82) is 0 Å². The van der Waals surface area contributed by atoms with Crippen LogP contribution in [0, 0.1) is 16.0 Å². The van der Waals surface area contributed by atoms with E-state index in [-0.39, 0.29) is 17.6 Å². The molecule has 0 aliphatic rings. The SMILES string of the molecule is CCOC(=O)[C@@H](C)CNc1ccc([N+](=O)[O-])cn1. The highest BCUT2D eigenvalue weighted by molar-refractivity contribution is 5.72. The minimum absolute atomic E-state index is 0.0704. The van der Waals surface area contributed by atoms with Gasteiger partial charge in [-0.2, -0.15) is 0 Å². The van der Waals surface area contributed by atoms with Crippen LogP contribution in [0.1, 0.15) is 13.8 Å². The molecule has 0 amide bonds. The number of nitro groups is 1. The van der Waals surface area contributed by atoms with Gasteiger partial charge in [0.25, 0.3) is 5.69 Å². The van der Waals surface area contributed by atoms with Crippen molar-refractivity contribution in [2.45, 2.75) is 13.8 Å². The number of anilines is 1. The molecule has 0 aliphatic heterocycles. The van der Waals surface area contributed by atoms with Crippen LogP contribution >= 0.6 is 0 Å². The smallest absolute Gasteiger partial charge is 0.310 e. The predicted octanol–water partition coefficient (Wildman–Crippen LogP) is 1.60. The largest absolute Gasteiger partial charge is 0.466 e. The third kappa shape index (κ3) is 4.00. The van der Waals surface area contributed by atoms with Gasteiger partial charge in [0, 0.05) is 12.6 Å². The molecule has 7 heteroatoms. The molecule has 1 atom stereocenters. The van der Waals surface area contributed by atoms with Crippen molar-refractivity contribution in [1.82, 2.24) is 4.98 Å². The van der Waals surface area contributed by atoms with E-state index in [2.05, 4.69) is 10.3 Å². The first-order valence-electron chi connectivity index (χ1n) is 5.55. The van der Waals surface area contributed by atoms with E-state index in [1.807, 2.05) is 0 Å². The highest BCUT2D eigenvalue weighted by Crippen LogP contribution is 2.12. The lowest BCUT2D eigenvalue weighted by molar-refractivity contribution is -0.385. The van der Waals surface area contributed by atoms with E-state index in [9.17, 15) is 14.9 Å². The Morgan fingerprint density at radius 1 is 1.61 bits per heavy atom. The van der Waals surface area contributed by atoms with E-state index in [1.54, 1.807) is 13.8 Å². The van der Waals surface area contributed by atoms with Crippen molar-refractivity contribution in [2.24, 2.45) is 5.92 Å². The molecule has 0 saturated carbocycles. The first-order chi connectivity index (χ1) is 8.54. The van der Waals surface area contributed by atoms with E-state index in [0.717, 1.165) is 6.20 Å². The maximum absolute atomic E-state index is 11.3. The summed E-state index contributed by atoms with van der Waals surface area (Å²) < 4.78 is 4.85. The van der Waals surface area contributed by atoms with E-state index < -0.39 is 4.92 Å². The number of pyridine rings is 1. The summed E-state index contributed by atoms with van der Waals surface area (Å²) in [6.45, 7) is 4.19. The van der Waals surface area contributed by atoms with Gasteiger partial charge in [0.2, 0.25) is 0 Å². The Morgan fingerprint density at radius 2 is 2.33 bits per heavy atom. The van der Waals surface area contributed by atoms with Gasteiger partial charge in [0.1, 0.15) is 12.0 Å². The quantitative estimate of drug-likeness (QED) is 0.470. The average molecular weight is 253 g/mol. The van der Waals surface area contributed by atoms with Gasteiger partial charge in [-0.25, -0.2) is 4.98 Å². The maximum Gasteiger partial charge on any atom is 0.310 e. The Morgan fingerprint density at radius 3 is 2.83 bits per heavy atom. The highest BCUT2D eigenvalue weighted by Gasteiger charge is 2.13. The number of esters is 1. The van der Waals surface area contributed by atoms with Crippen molar-refractivity contribution in [3.05, 3.63) is 28.4 Å². The zero-order chi connectivity index (χ0) is 13.5. The standard InChI is InChI=1S/C11H15N3O4/c1-3-18-11(15)8(2)6-12-10-5-4-9(7-13-10)14(16)17/h4-5,7-8H,3,6H2,1-2H3,(H,12,13)/t8-/m0/s1. The van der Waals surface area contributed by atoms with Crippen LogP contribution in [0.25, 0.3) is 0 Å². The second kappa shape index (κ2) is 6.53. The third-order valence-corrected chi connectivity index (χ3v) is 2.24. The molecular weight excluding hydrogens is 238 g/mol. The monoisotopic (exact) mass is 253 g/mol. The van der Waals surface area contributed by atoms with Crippen molar-refractivity contribution >= 4 is 17.5 Å².